The summed E-state index contributed by atoms with van der Waals surface area (Å²) in [6.45, 7) is 1.69. The maximum atomic E-state index is 12.8. The minimum Gasteiger partial charge on any atom is -0.492 e. The molecule has 4 heterocycles. The molecule has 5 rings (SSSR count). The summed E-state index contributed by atoms with van der Waals surface area (Å²) >= 11 is 0. The minimum absolute atomic E-state index is 0. The van der Waals surface area contributed by atoms with E-state index in [1.165, 1.54) is 0 Å². The zero-order valence-electron chi connectivity index (χ0n) is 18.6. The Hall–Kier alpha value is -3.24. The lowest BCUT2D eigenvalue weighted by atomic mass is 9.96. The summed E-state index contributed by atoms with van der Waals surface area (Å²) in [5.41, 5.74) is 2.06. The Morgan fingerprint density at radius 3 is 2.69 bits per heavy atom. The van der Waals surface area contributed by atoms with Gasteiger partial charge in [-0.05, 0) is 62.3 Å². The molecule has 11 heteroatoms. The van der Waals surface area contributed by atoms with Gasteiger partial charge in [0.15, 0.2) is 5.76 Å². The van der Waals surface area contributed by atoms with Gasteiger partial charge in [0.2, 0.25) is 0 Å². The molecule has 1 saturated heterocycles. The predicted octanol–water partition coefficient (Wildman–Crippen LogP) is 5.11. The summed E-state index contributed by atoms with van der Waals surface area (Å²) in [5.74, 6) is -0.196. The third-order valence-corrected chi connectivity index (χ3v) is 6.22. The standard InChI is InChI=1S/C24H23F3N4O3.ClH/c25-24(26,27)16-5-8-30(9-6-16)10-11-33-18-3-4-22-19(13-18)20(29-32)14-23(34-22)21-12-17-2-1-7-31(17)15-28-21;/h1-4,7,12-16,32H,5-6,8-11H2;1H/b29-20-;. The van der Waals surface area contributed by atoms with Crippen LogP contribution in [0.5, 0.6) is 5.75 Å². The van der Waals surface area contributed by atoms with Crippen molar-refractivity contribution in [1.82, 2.24) is 14.3 Å². The van der Waals surface area contributed by atoms with Crippen LogP contribution >= 0.6 is 12.4 Å². The zero-order valence-corrected chi connectivity index (χ0v) is 19.4. The van der Waals surface area contributed by atoms with Gasteiger partial charge in [-0.1, -0.05) is 5.16 Å². The van der Waals surface area contributed by atoms with Gasteiger partial charge in [0.1, 0.15) is 29.0 Å². The van der Waals surface area contributed by atoms with Crippen molar-refractivity contribution in [2.45, 2.75) is 19.0 Å². The van der Waals surface area contributed by atoms with Crippen molar-refractivity contribution in [3.8, 4) is 17.2 Å². The van der Waals surface area contributed by atoms with E-state index in [0.29, 0.717) is 59.8 Å². The molecular weight excluding hydrogens is 485 g/mol. The van der Waals surface area contributed by atoms with E-state index in [1.54, 1.807) is 30.6 Å². The van der Waals surface area contributed by atoms with Crippen molar-refractivity contribution in [3.63, 3.8) is 0 Å². The van der Waals surface area contributed by atoms with Crippen LogP contribution in [0, 0.1) is 5.92 Å². The van der Waals surface area contributed by atoms with Crippen LogP contribution in [0.3, 0.4) is 0 Å². The first-order valence-electron chi connectivity index (χ1n) is 11.0. The summed E-state index contributed by atoms with van der Waals surface area (Å²) in [6, 6.07) is 12.5. The van der Waals surface area contributed by atoms with E-state index in [1.807, 2.05) is 33.7 Å². The van der Waals surface area contributed by atoms with E-state index in [-0.39, 0.29) is 25.2 Å². The summed E-state index contributed by atoms with van der Waals surface area (Å²) < 4.78 is 52.2. The van der Waals surface area contributed by atoms with Gasteiger partial charge in [-0.3, -0.25) is 4.90 Å². The average molecular weight is 509 g/mol. The number of ether oxygens (including phenoxy) is 1. The number of nitrogens with zero attached hydrogens (tertiary/aromatic N) is 4. The van der Waals surface area contributed by atoms with E-state index in [9.17, 15) is 18.4 Å². The number of aromatic nitrogens is 2. The number of alkyl halides is 3. The number of hydrogen-bond acceptors (Lipinski definition) is 6. The van der Waals surface area contributed by atoms with Crippen LogP contribution in [0.1, 0.15) is 12.8 Å². The van der Waals surface area contributed by atoms with Crippen LogP contribution < -0.4 is 10.1 Å². The van der Waals surface area contributed by atoms with E-state index < -0.39 is 12.1 Å². The molecule has 0 atom stereocenters. The molecule has 0 amide bonds. The van der Waals surface area contributed by atoms with E-state index >= 15 is 0 Å². The number of benzene rings is 1. The van der Waals surface area contributed by atoms with Gasteiger partial charge in [-0.25, -0.2) is 4.98 Å². The van der Waals surface area contributed by atoms with Crippen molar-refractivity contribution in [2.75, 3.05) is 26.2 Å². The van der Waals surface area contributed by atoms with Crippen molar-refractivity contribution >= 4 is 28.9 Å². The van der Waals surface area contributed by atoms with E-state index in [2.05, 4.69) is 10.1 Å². The highest BCUT2D eigenvalue weighted by atomic mass is 35.5. The summed E-state index contributed by atoms with van der Waals surface area (Å²) in [4.78, 5) is 6.39. The molecule has 4 aromatic rings. The molecule has 1 aromatic carbocycles. The second-order valence-electron chi connectivity index (χ2n) is 8.37. The maximum Gasteiger partial charge on any atom is 0.391 e. The average Bonchev–Trinajstić information content (AvgIpc) is 3.31. The van der Waals surface area contributed by atoms with Crippen LogP contribution in [0.15, 0.2) is 64.6 Å². The lowest BCUT2D eigenvalue weighted by Gasteiger charge is -2.32. The normalized spacial score (nSPS) is 16.0. The fourth-order valence-corrected chi connectivity index (χ4v) is 4.29. The SMILES string of the molecule is Cl.O/N=c1/cc(-c2cc3cccn3cn2)oc2ccc(OCCN3CCC(C(F)(F)F)CC3)cc12. The summed E-state index contributed by atoms with van der Waals surface area (Å²) in [6.07, 6.45) is -0.292. The van der Waals surface area contributed by atoms with E-state index in [4.69, 9.17) is 9.15 Å². The molecule has 0 saturated carbocycles. The number of piperidine rings is 1. The van der Waals surface area contributed by atoms with Crippen LogP contribution in [-0.2, 0) is 0 Å². The molecular formula is C24H24ClF3N4O3. The Morgan fingerprint density at radius 1 is 1.14 bits per heavy atom. The zero-order chi connectivity index (χ0) is 23.7. The third-order valence-electron chi connectivity index (χ3n) is 6.22. The Kier molecular flexibility index (Phi) is 7.23. The highest BCUT2D eigenvalue weighted by Gasteiger charge is 2.40. The molecule has 0 radical (unpaired) electrons. The maximum absolute atomic E-state index is 12.8. The summed E-state index contributed by atoms with van der Waals surface area (Å²) in [7, 11) is 0. The highest BCUT2D eigenvalue weighted by molar-refractivity contribution is 5.85. The number of likely N-dealkylation sites (tertiary alicyclic amines) is 1. The molecule has 1 aliphatic heterocycles. The number of rotatable bonds is 5. The second-order valence-corrected chi connectivity index (χ2v) is 8.37. The molecule has 3 aromatic heterocycles. The quantitative estimate of drug-likeness (QED) is 0.299. The van der Waals surface area contributed by atoms with Crippen LogP contribution in [0.25, 0.3) is 27.9 Å². The highest BCUT2D eigenvalue weighted by Crippen LogP contribution is 2.34. The van der Waals surface area contributed by atoms with E-state index in [0.717, 1.165) is 5.52 Å². The molecule has 0 spiro atoms. The molecule has 1 N–H and O–H groups in total. The third kappa shape index (κ3) is 5.38. The first kappa shape index (κ1) is 24.9. The predicted molar refractivity (Wildman–Crippen MR) is 126 cm³/mol. The largest absolute Gasteiger partial charge is 0.492 e. The van der Waals surface area contributed by atoms with Crippen LogP contribution in [0.2, 0.25) is 0 Å². The van der Waals surface area contributed by atoms with Crippen molar-refractivity contribution in [3.05, 3.63) is 60.3 Å². The van der Waals surface area contributed by atoms with Gasteiger partial charge in [-0.2, -0.15) is 13.2 Å². The Balaban J connectivity index is 0.00000289. The Labute approximate surface area is 204 Å². The smallest absolute Gasteiger partial charge is 0.391 e. The van der Waals surface area contributed by atoms with Gasteiger partial charge in [0.05, 0.1) is 17.6 Å². The number of fused-ring (bicyclic) bond motifs is 2. The van der Waals surface area contributed by atoms with Gasteiger partial charge < -0.3 is 18.8 Å². The lowest BCUT2D eigenvalue weighted by Crippen LogP contribution is -2.40. The van der Waals surface area contributed by atoms with Gasteiger partial charge in [0.25, 0.3) is 0 Å². The molecule has 186 valence electrons. The summed E-state index contributed by atoms with van der Waals surface area (Å²) in [5, 5.41) is 13.9. The molecule has 1 fully saturated rings. The van der Waals surface area contributed by atoms with Gasteiger partial charge in [-0.15, -0.1) is 12.4 Å². The molecule has 0 aliphatic carbocycles. The number of hydrogen-bond donors (Lipinski definition) is 1. The molecule has 35 heavy (non-hydrogen) atoms. The molecule has 0 bridgehead atoms. The van der Waals surface area contributed by atoms with Crippen molar-refractivity contribution in [1.29, 1.82) is 0 Å². The molecule has 1 aliphatic rings. The fraction of sp³-hybridized carbons (Fsp3) is 0.333. The lowest BCUT2D eigenvalue weighted by molar-refractivity contribution is -0.185. The Bertz CT molecular complexity index is 1380. The van der Waals surface area contributed by atoms with Gasteiger partial charge in [0, 0.05) is 24.3 Å². The van der Waals surface area contributed by atoms with Crippen LogP contribution in [0.4, 0.5) is 13.2 Å². The first-order valence-corrected chi connectivity index (χ1v) is 11.0. The van der Waals surface area contributed by atoms with Gasteiger partial charge >= 0.3 is 6.18 Å². The topological polar surface area (TPSA) is 75.5 Å². The Morgan fingerprint density at radius 2 is 1.94 bits per heavy atom. The van der Waals surface area contributed by atoms with Crippen LogP contribution in [-0.4, -0.2) is 51.9 Å². The second kappa shape index (κ2) is 10.2. The fourth-order valence-electron chi connectivity index (χ4n) is 4.29. The number of halogens is 4. The minimum atomic E-state index is -4.11. The van der Waals surface area contributed by atoms with Crippen molar-refractivity contribution < 1.29 is 27.5 Å². The van der Waals surface area contributed by atoms with Crippen molar-refractivity contribution in [2.24, 2.45) is 11.1 Å². The molecule has 7 nitrogen and oxygen atoms in total. The first-order chi connectivity index (χ1) is 16.4. The monoisotopic (exact) mass is 508 g/mol. The molecule has 0 unspecified atom stereocenters.